The largest absolute Gasteiger partial charge is 0.392 e. The van der Waals surface area contributed by atoms with Gasteiger partial charge in [0.05, 0.1) is 18.1 Å². The fourth-order valence-electron chi connectivity index (χ4n) is 7.25. The summed E-state index contributed by atoms with van der Waals surface area (Å²) < 4.78 is 5.86. The highest BCUT2D eigenvalue weighted by atomic mass is 16.6. The molecule has 5 heteroatoms. The Bertz CT molecular complexity index is 726. The van der Waals surface area contributed by atoms with Gasteiger partial charge in [-0.25, -0.2) is 0 Å². The number of hydrogen-bond acceptors (Lipinski definition) is 5. The van der Waals surface area contributed by atoms with Crippen molar-refractivity contribution in [3.63, 3.8) is 0 Å². The van der Waals surface area contributed by atoms with Crippen LogP contribution in [0.5, 0.6) is 0 Å². The number of aliphatic hydroxyl groups is 3. The minimum Gasteiger partial charge on any atom is -0.392 e. The number of hydrogen-bond donors (Lipinski definition) is 3. The second kappa shape index (κ2) is 4.28. The van der Waals surface area contributed by atoms with Crippen LogP contribution in [0.1, 0.15) is 33.1 Å². The number of carbonyl (C=O) groups excluding carboxylic acids is 1. The molecule has 0 aromatic heterocycles. The maximum atomic E-state index is 13.3. The molecule has 25 heavy (non-hydrogen) atoms. The summed E-state index contributed by atoms with van der Waals surface area (Å²) in [5.74, 6) is -2.92. The molecule has 5 fully saturated rings. The topological polar surface area (TPSA) is 87.0 Å². The second-order valence-corrected chi connectivity index (χ2v) is 9.56. The average Bonchev–Trinajstić information content (AvgIpc) is 2.75. The molecule has 0 radical (unpaired) electrons. The van der Waals surface area contributed by atoms with E-state index in [9.17, 15) is 20.1 Å². The number of fused-ring (bicyclic) bond motifs is 2. The van der Waals surface area contributed by atoms with E-state index in [1.54, 1.807) is 0 Å². The Balaban J connectivity index is 1.81. The first-order valence-corrected chi connectivity index (χ1v) is 9.27. The molecule has 0 unspecified atom stereocenters. The van der Waals surface area contributed by atoms with Gasteiger partial charge in [0.15, 0.2) is 5.78 Å². The van der Waals surface area contributed by atoms with Gasteiger partial charge in [-0.3, -0.25) is 4.79 Å². The third-order valence-electron chi connectivity index (χ3n) is 8.33. The van der Waals surface area contributed by atoms with E-state index in [2.05, 4.69) is 20.4 Å². The van der Waals surface area contributed by atoms with Crippen LogP contribution in [0.4, 0.5) is 0 Å². The molecule has 136 valence electrons. The summed E-state index contributed by atoms with van der Waals surface area (Å²) >= 11 is 0. The normalized spacial score (nSPS) is 58.2. The van der Waals surface area contributed by atoms with Crippen molar-refractivity contribution in [2.75, 3.05) is 6.61 Å². The van der Waals surface area contributed by atoms with E-state index < -0.39 is 28.8 Å². The molecule has 4 aliphatic carbocycles. The molecule has 0 aromatic carbocycles. The Morgan fingerprint density at radius 1 is 1.28 bits per heavy atom. The van der Waals surface area contributed by atoms with Crippen LogP contribution in [0.2, 0.25) is 0 Å². The molecule has 2 saturated heterocycles. The Morgan fingerprint density at radius 3 is 2.72 bits per heavy atom. The fraction of sp³-hybridized carbons (Fsp3) is 0.750. The number of allylic oxidation sites excluding steroid dienone is 3. The number of Topliss-reactive ketones (excluding diaryl/α,β-unsaturated/α-hetero) is 1. The number of rotatable bonds is 0. The zero-order valence-electron chi connectivity index (χ0n) is 14.7. The third-order valence-corrected chi connectivity index (χ3v) is 8.33. The minimum absolute atomic E-state index is 0.119. The van der Waals surface area contributed by atoms with Gasteiger partial charge in [-0.05, 0) is 30.3 Å². The lowest BCUT2D eigenvalue weighted by atomic mass is 9.37. The number of ketones is 1. The predicted octanol–water partition coefficient (Wildman–Crippen LogP) is 1.18. The van der Waals surface area contributed by atoms with Crippen LogP contribution in [-0.2, 0) is 9.53 Å². The molecule has 0 amide bonds. The van der Waals surface area contributed by atoms with Crippen molar-refractivity contribution in [3.8, 4) is 0 Å². The molecule has 6 rings (SSSR count). The average molecular weight is 346 g/mol. The minimum atomic E-state index is -1.92. The quantitative estimate of drug-likeness (QED) is 0.453. The van der Waals surface area contributed by atoms with Crippen LogP contribution in [0.25, 0.3) is 0 Å². The number of ether oxygens (including phenoxy) is 1. The Hall–Kier alpha value is -1.01. The lowest BCUT2D eigenvalue weighted by Gasteiger charge is -2.73. The molecule has 3 saturated carbocycles. The molecule has 4 bridgehead atoms. The highest BCUT2D eigenvalue weighted by molar-refractivity contribution is 6.04. The van der Waals surface area contributed by atoms with Crippen molar-refractivity contribution in [1.29, 1.82) is 0 Å². The molecule has 2 heterocycles. The molecule has 2 aliphatic heterocycles. The fourth-order valence-corrected chi connectivity index (χ4v) is 7.25. The SMILES string of the molecule is C=C1C(=O)[C@]23C[C@H]1C=C[C@H]2[C@@]12CO[C@@]3(O)[C@@H](O)[C@@H]1C(C)(C)CC[C@@H]2O. The summed E-state index contributed by atoms with van der Waals surface area (Å²) in [6.07, 6.45) is 3.91. The molecule has 6 aliphatic rings. The first kappa shape index (κ1) is 16.2. The maximum absolute atomic E-state index is 13.3. The van der Waals surface area contributed by atoms with E-state index in [1.165, 1.54) is 0 Å². The summed E-state index contributed by atoms with van der Waals surface area (Å²) in [5.41, 5.74) is -1.77. The van der Waals surface area contributed by atoms with Crippen molar-refractivity contribution in [2.45, 2.75) is 51.1 Å². The first-order chi connectivity index (χ1) is 11.6. The van der Waals surface area contributed by atoms with E-state index in [0.717, 1.165) is 6.42 Å². The summed E-state index contributed by atoms with van der Waals surface area (Å²) in [7, 11) is 0. The molecular formula is C20H26O5. The summed E-state index contributed by atoms with van der Waals surface area (Å²) in [6.45, 7) is 8.26. The Kier molecular flexibility index (Phi) is 2.77. The molecular weight excluding hydrogens is 320 g/mol. The van der Waals surface area contributed by atoms with Crippen LogP contribution in [0.3, 0.4) is 0 Å². The third kappa shape index (κ3) is 1.40. The highest BCUT2D eigenvalue weighted by Crippen LogP contribution is 2.75. The van der Waals surface area contributed by atoms with Gasteiger partial charge < -0.3 is 20.1 Å². The number of carbonyl (C=O) groups is 1. The van der Waals surface area contributed by atoms with Crippen molar-refractivity contribution in [2.24, 2.45) is 34.0 Å². The lowest BCUT2D eigenvalue weighted by Crippen LogP contribution is -2.83. The van der Waals surface area contributed by atoms with Gasteiger partial charge in [-0.2, -0.15) is 0 Å². The highest BCUT2D eigenvalue weighted by Gasteiger charge is 2.83. The van der Waals surface area contributed by atoms with Gasteiger partial charge in [0.1, 0.15) is 6.10 Å². The van der Waals surface area contributed by atoms with E-state index in [4.69, 9.17) is 4.74 Å². The molecule has 8 atom stereocenters. The molecule has 5 nitrogen and oxygen atoms in total. The van der Waals surface area contributed by atoms with Gasteiger partial charge >= 0.3 is 0 Å². The van der Waals surface area contributed by atoms with E-state index in [0.29, 0.717) is 18.4 Å². The van der Waals surface area contributed by atoms with E-state index in [1.807, 2.05) is 12.2 Å². The molecule has 0 aromatic rings. The van der Waals surface area contributed by atoms with Crippen LogP contribution in [-0.4, -0.2) is 45.7 Å². The maximum Gasteiger partial charge on any atom is 0.206 e. The van der Waals surface area contributed by atoms with Crippen molar-refractivity contribution < 1.29 is 24.9 Å². The smallest absolute Gasteiger partial charge is 0.206 e. The first-order valence-electron chi connectivity index (χ1n) is 9.27. The van der Waals surface area contributed by atoms with Crippen molar-refractivity contribution in [1.82, 2.24) is 0 Å². The Morgan fingerprint density at radius 2 is 2.00 bits per heavy atom. The van der Waals surface area contributed by atoms with Gasteiger partial charge in [0.25, 0.3) is 0 Å². The summed E-state index contributed by atoms with van der Waals surface area (Å²) in [5, 5.41) is 33.9. The zero-order chi connectivity index (χ0) is 18.0. The van der Waals surface area contributed by atoms with Gasteiger partial charge in [-0.1, -0.05) is 32.6 Å². The predicted molar refractivity (Wildman–Crippen MR) is 89.2 cm³/mol. The summed E-state index contributed by atoms with van der Waals surface area (Å²) in [6, 6.07) is 0. The van der Waals surface area contributed by atoms with Gasteiger partial charge in [-0.15, -0.1) is 0 Å². The van der Waals surface area contributed by atoms with Crippen molar-refractivity contribution in [3.05, 3.63) is 24.3 Å². The van der Waals surface area contributed by atoms with Crippen molar-refractivity contribution >= 4 is 5.78 Å². The molecule has 3 N–H and O–H groups in total. The van der Waals surface area contributed by atoms with Crippen LogP contribution >= 0.6 is 0 Å². The van der Waals surface area contributed by atoms with Crippen LogP contribution in [0.15, 0.2) is 24.3 Å². The Labute approximate surface area is 147 Å². The lowest BCUT2D eigenvalue weighted by molar-refractivity contribution is -0.440. The van der Waals surface area contributed by atoms with Gasteiger partial charge in [0, 0.05) is 23.2 Å². The van der Waals surface area contributed by atoms with Crippen LogP contribution in [0, 0.1) is 34.0 Å². The van der Waals surface area contributed by atoms with E-state index in [-0.39, 0.29) is 35.6 Å². The van der Waals surface area contributed by atoms with Gasteiger partial charge in [0.2, 0.25) is 5.79 Å². The second-order valence-electron chi connectivity index (χ2n) is 9.56. The monoisotopic (exact) mass is 346 g/mol. The zero-order valence-corrected chi connectivity index (χ0v) is 14.7. The standard InChI is InChI=1S/C20H26O5/c1-10-11-4-5-12-18-9-25-20(24,19(12,8-11)15(10)22)16(23)14(18)17(2,3)7-6-13(18)21/h4-5,11-14,16,21,23-24H,1,6-9H2,2-3H3/t11-,12+,13+,14-,16+,18-,19+,20+/m1/s1. The number of aliphatic hydroxyl groups excluding tert-OH is 2. The van der Waals surface area contributed by atoms with E-state index >= 15 is 0 Å². The molecule has 2 spiro atoms. The van der Waals surface area contributed by atoms with Crippen LogP contribution < -0.4 is 0 Å². The summed E-state index contributed by atoms with van der Waals surface area (Å²) in [4.78, 5) is 13.3.